The van der Waals surface area contributed by atoms with Crippen molar-refractivity contribution in [2.45, 2.75) is 32.9 Å². The van der Waals surface area contributed by atoms with Crippen LogP contribution in [0.3, 0.4) is 0 Å². The quantitative estimate of drug-likeness (QED) is 0.470. The van der Waals surface area contributed by atoms with Gasteiger partial charge in [-0.1, -0.05) is 48.0 Å². The first-order valence-electron chi connectivity index (χ1n) is 9.27. The third-order valence-electron chi connectivity index (χ3n) is 4.61. The number of ether oxygens (including phenoxy) is 1. The van der Waals surface area contributed by atoms with E-state index < -0.39 is 0 Å². The molecule has 0 saturated heterocycles. The lowest BCUT2D eigenvalue weighted by atomic mass is 10.1. The van der Waals surface area contributed by atoms with Gasteiger partial charge >= 0.3 is 0 Å². The number of thiophene rings is 1. The van der Waals surface area contributed by atoms with E-state index >= 15 is 0 Å². The Labute approximate surface area is 175 Å². The van der Waals surface area contributed by atoms with Gasteiger partial charge in [-0.2, -0.15) is 0 Å². The molecule has 28 heavy (non-hydrogen) atoms. The van der Waals surface area contributed by atoms with Crippen molar-refractivity contribution in [3.05, 3.63) is 87.1 Å². The number of benzene rings is 2. The molecular weight excluding hydrogens is 390 g/mol. The minimum Gasteiger partial charge on any atom is -0.483 e. The molecule has 2 aromatic carbocycles. The van der Waals surface area contributed by atoms with E-state index in [4.69, 9.17) is 16.3 Å². The highest BCUT2D eigenvalue weighted by molar-refractivity contribution is 7.09. The molecule has 146 valence electrons. The van der Waals surface area contributed by atoms with E-state index in [1.165, 1.54) is 4.88 Å². The van der Waals surface area contributed by atoms with Crippen LogP contribution in [0.4, 0.5) is 0 Å². The van der Waals surface area contributed by atoms with Crippen LogP contribution in [0.1, 0.15) is 22.9 Å². The second-order valence-corrected chi connectivity index (χ2v) is 8.31. The van der Waals surface area contributed by atoms with Crippen LogP contribution in [0.25, 0.3) is 0 Å². The molecule has 1 heterocycles. The number of carbonyl (C=O) groups excluding carboxylic acids is 1. The van der Waals surface area contributed by atoms with Gasteiger partial charge in [-0.25, -0.2) is 0 Å². The van der Waals surface area contributed by atoms with Crippen molar-refractivity contribution in [2.75, 3.05) is 6.61 Å². The molecule has 0 N–H and O–H groups in total. The molecule has 0 radical (unpaired) electrons. The Morgan fingerprint density at radius 3 is 2.61 bits per heavy atom. The summed E-state index contributed by atoms with van der Waals surface area (Å²) >= 11 is 7.72. The van der Waals surface area contributed by atoms with Crippen molar-refractivity contribution < 1.29 is 9.53 Å². The van der Waals surface area contributed by atoms with Gasteiger partial charge in [0.15, 0.2) is 6.61 Å². The first-order chi connectivity index (χ1) is 13.5. The maximum absolute atomic E-state index is 13.0. The molecule has 1 aromatic heterocycles. The van der Waals surface area contributed by atoms with Crippen molar-refractivity contribution in [1.29, 1.82) is 0 Å². The van der Waals surface area contributed by atoms with E-state index in [1.807, 2.05) is 60.4 Å². The summed E-state index contributed by atoms with van der Waals surface area (Å²) in [6.45, 7) is 4.58. The predicted octanol–water partition coefficient (Wildman–Crippen LogP) is 5.75. The van der Waals surface area contributed by atoms with Crippen LogP contribution < -0.4 is 4.74 Å². The number of aryl methyl sites for hydroxylation is 1. The van der Waals surface area contributed by atoms with Crippen molar-refractivity contribution in [3.63, 3.8) is 0 Å². The lowest BCUT2D eigenvalue weighted by Crippen LogP contribution is -2.41. The van der Waals surface area contributed by atoms with Gasteiger partial charge in [0.2, 0.25) is 0 Å². The molecule has 1 atom stereocenters. The lowest BCUT2D eigenvalue weighted by molar-refractivity contribution is -0.136. The number of nitrogens with zero attached hydrogens (tertiary/aromatic N) is 1. The van der Waals surface area contributed by atoms with Gasteiger partial charge < -0.3 is 9.64 Å². The molecule has 5 heteroatoms. The number of halogens is 1. The first-order valence-corrected chi connectivity index (χ1v) is 10.5. The third-order valence-corrected chi connectivity index (χ3v) is 5.75. The van der Waals surface area contributed by atoms with Crippen LogP contribution in [0.2, 0.25) is 5.02 Å². The number of hydrogen-bond acceptors (Lipinski definition) is 3. The SMILES string of the molecule is Cc1cc(Cl)ccc1OCC(=O)N(Cc1ccccc1)[C@H](C)Cc1cccs1. The van der Waals surface area contributed by atoms with Crippen LogP contribution in [0.5, 0.6) is 5.75 Å². The van der Waals surface area contributed by atoms with Gasteiger partial charge in [0.25, 0.3) is 5.91 Å². The van der Waals surface area contributed by atoms with E-state index in [-0.39, 0.29) is 18.6 Å². The molecule has 3 aromatic rings. The zero-order valence-corrected chi connectivity index (χ0v) is 17.7. The summed E-state index contributed by atoms with van der Waals surface area (Å²) in [5, 5.41) is 2.73. The number of amides is 1. The molecule has 0 saturated carbocycles. The predicted molar refractivity (Wildman–Crippen MR) is 116 cm³/mol. The highest BCUT2D eigenvalue weighted by atomic mass is 35.5. The maximum atomic E-state index is 13.0. The van der Waals surface area contributed by atoms with E-state index in [0.29, 0.717) is 17.3 Å². The fraction of sp³-hybridized carbons (Fsp3) is 0.261. The molecule has 0 bridgehead atoms. The second-order valence-electron chi connectivity index (χ2n) is 6.84. The first kappa shape index (κ1) is 20.4. The van der Waals surface area contributed by atoms with Crippen molar-refractivity contribution in [3.8, 4) is 5.75 Å². The fourth-order valence-electron chi connectivity index (χ4n) is 3.10. The summed E-state index contributed by atoms with van der Waals surface area (Å²) in [5.74, 6) is 0.658. The Balaban J connectivity index is 1.71. The smallest absolute Gasteiger partial charge is 0.261 e. The zero-order valence-electron chi connectivity index (χ0n) is 16.1. The van der Waals surface area contributed by atoms with Gasteiger partial charge in [0, 0.05) is 28.9 Å². The summed E-state index contributed by atoms with van der Waals surface area (Å²) in [6, 6.07) is 19.7. The molecule has 3 rings (SSSR count). The Bertz CT molecular complexity index is 896. The van der Waals surface area contributed by atoms with Crippen molar-refractivity contribution in [2.24, 2.45) is 0 Å². The maximum Gasteiger partial charge on any atom is 0.261 e. The van der Waals surface area contributed by atoms with Gasteiger partial charge in [-0.3, -0.25) is 4.79 Å². The third kappa shape index (κ3) is 5.60. The summed E-state index contributed by atoms with van der Waals surface area (Å²) in [6.07, 6.45) is 0.830. The normalized spacial score (nSPS) is 11.8. The van der Waals surface area contributed by atoms with Crippen LogP contribution in [-0.4, -0.2) is 23.5 Å². The highest BCUT2D eigenvalue weighted by Crippen LogP contribution is 2.22. The van der Waals surface area contributed by atoms with Gasteiger partial charge in [-0.05, 0) is 54.6 Å². The van der Waals surface area contributed by atoms with Gasteiger partial charge in [0.1, 0.15) is 5.75 Å². The summed E-state index contributed by atoms with van der Waals surface area (Å²) in [5.41, 5.74) is 2.03. The Kier molecular flexibility index (Phi) is 7.12. The zero-order chi connectivity index (χ0) is 19.9. The van der Waals surface area contributed by atoms with Crippen molar-refractivity contribution in [1.82, 2.24) is 4.90 Å². The Morgan fingerprint density at radius 2 is 1.93 bits per heavy atom. The van der Waals surface area contributed by atoms with E-state index in [2.05, 4.69) is 18.4 Å². The molecule has 0 aliphatic heterocycles. The van der Waals surface area contributed by atoms with E-state index in [0.717, 1.165) is 17.5 Å². The molecule has 0 aliphatic carbocycles. The lowest BCUT2D eigenvalue weighted by Gasteiger charge is -2.29. The largest absolute Gasteiger partial charge is 0.483 e. The number of carbonyl (C=O) groups is 1. The molecule has 3 nitrogen and oxygen atoms in total. The van der Waals surface area contributed by atoms with Gasteiger partial charge in [-0.15, -0.1) is 11.3 Å². The summed E-state index contributed by atoms with van der Waals surface area (Å²) < 4.78 is 5.81. The topological polar surface area (TPSA) is 29.5 Å². The molecular formula is C23H24ClNO2S. The molecule has 1 amide bonds. The van der Waals surface area contributed by atoms with Crippen LogP contribution in [0.15, 0.2) is 66.0 Å². The minimum atomic E-state index is -0.0257. The molecule has 0 aliphatic rings. The van der Waals surface area contributed by atoms with Crippen LogP contribution >= 0.6 is 22.9 Å². The average molecular weight is 414 g/mol. The van der Waals surface area contributed by atoms with Gasteiger partial charge in [0.05, 0.1) is 0 Å². The Morgan fingerprint density at radius 1 is 1.14 bits per heavy atom. The fourth-order valence-corrected chi connectivity index (χ4v) is 4.15. The second kappa shape index (κ2) is 9.76. The minimum absolute atomic E-state index is 0.00405. The van der Waals surface area contributed by atoms with Crippen LogP contribution in [-0.2, 0) is 17.8 Å². The average Bonchev–Trinajstić information content (AvgIpc) is 3.19. The summed E-state index contributed by atoms with van der Waals surface area (Å²) in [4.78, 5) is 16.2. The molecule has 0 unspecified atom stereocenters. The van der Waals surface area contributed by atoms with E-state index in [9.17, 15) is 4.79 Å². The number of hydrogen-bond donors (Lipinski definition) is 0. The Hall–Kier alpha value is -2.30. The van der Waals surface area contributed by atoms with Crippen molar-refractivity contribution >= 4 is 28.8 Å². The standard InChI is InChI=1S/C23H24ClNO2S/c1-17-13-20(24)10-11-22(17)27-16-23(26)25(15-19-7-4-3-5-8-19)18(2)14-21-9-6-12-28-21/h3-13,18H,14-16H2,1-2H3/t18-/m1/s1. The van der Waals surface area contributed by atoms with E-state index in [1.54, 1.807) is 17.4 Å². The molecule has 0 spiro atoms. The highest BCUT2D eigenvalue weighted by Gasteiger charge is 2.22. The number of rotatable bonds is 8. The monoisotopic (exact) mass is 413 g/mol. The summed E-state index contributed by atoms with van der Waals surface area (Å²) in [7, 11) is 0. The van der Waals surface area contributed by atoms with Crippen LogP contribution in [0, 0.1) is 6.92 Å². The molecule has 0 fully saturated rings.